The fraction of sp³-hybridized carbons (Fsp3) is 0.385. The predicted molar refractivity (Wildman–Crippen MR) is 69.1 cm³/mol. The Hall–Kier alpha value is -1.57. The molecule has 18 heavy (non-hydrogen) atoms. The molecule has 0 unspecified atom stereocenters. The predicted octanol–water partition coefficient (Wildman–Crippen LogP) is 2.82. The summed E-state index contributed by atoms with van der Waals surface area (Å²) in [7, 11) is 0. The van der Waals surface area contributed by atoms with Crippen molar-refractivity contribution in [2.45, 2.75) is 25.5 Å². The van der Waals surface area contributed by atoms with Crippen LogP contribution in [0.4, 0.5) is 4.79 Å². The van der Waals surface area contributed by atoms with Gasteiger partial charge in [-0.15, -0.1) is 0 Å². The number of nitriles is 1. The Morgan fingerprint density at radius 1 is 1.50 bits per heavy atom. The number of benzene rings is 1. The molecule has 4 nitrogen and oxygen atoms in total. The lowest BCUT2D eigenvalue weighted by Gasteiger charge is -1.98. The zero-order chi connectivity index (χ0) is 13.2. The van der Waals surface area contributed by atoms with Crippen molar-refractivity contribution in [1.29, 1.82) is 5.26 Å². The van der Waals surface area contributed by atoms with Crippen LogP contribution in [0.2, 0.25) is 0 Å². The van der Waals surface area contributed by atoms with Crippen molar-refractivity contribution in [3.63, 3.8) is 0 Å². The van der Waals surface area contributed by atoms with Crippen LogP contribution in [0.1, 0.15) is 18.4 Å². The van der Waals surface area contributed by atoms with Gasteiger partial charge in [0.15, 0.2) is 0 Å². The van der Waals surface area contributed by atoms with Crippen molar-refractivity contribution in [3.8, 4) is 6.07 Å². The molecule has 2 rings (SSSR count). The molecule has 0 aromatic heterocycles. The summed E-state index contributed by atoms with van der Waals surface area (Å²) < 4.78 is 4.55. The molecule has 1 N–H and O–H groups in total. The number of carbonyl (C=O) groups excluding carboxylic acids is 1. The molecular formula is C13H15ClN2O2. The molecule has 1 heterocycles. The smallest absolute Gasteiger partial charge is 0.404 e. The number of hydrogen-bond acceptors (Lipinski definition) is 4. The second-order valence-corrected chi connectivity index (χ2v) is 4.10. The summed E-state index contributed by atoms with van der Waals surface area (Å²) in [5, 5.41) is 11.3. The Labute approximate surface area is 112 Å². The number of rotatable bonds is 2. The van der Waals surface area contributed by atoms with E-state index in [9.17, 15) is 4.79 Å². The standard InChI is InChI=1S/C8H7ClO2.C5H8N2/c9-8(10)11-6-7-4-2-1-3-5-7;6-4-5-2-1-3-7-5/h1-5H,6H2;5,7H,1-3H2/t;5-/m.0/s1. The Morgan fingerprint density at radius 3 is 2.67 bits per heavy atom. The highest BCUT2D eigenvalue weighted by atomic mass is 35.5. The van der Waals surface area contributed by atoms with Crippen LogP contribution in [0.25, 0.3) is 0 Å². The Kier molecular flexibility index (Phi) is 6.85. The first-order chi connectivity index (χ1) is 8.72. The average molecular weight is 267 g/mol. The molecule has 1 saturated heterocycles. The second kappa shape index (κ2) is 8.51. The Morgan fingerprint density at radius 2 is 2.22 bits per heavy atom. The third-order valence-corrected chi connectivity index (χ3v) is 2.52. The van der Waals surface area contributed by atoms with E-state index >= 15 is 0 Å². The molecule has 0 saturated carbocycles. The fourth-order valence-corrected chi connectivity index (χ4v) is 1.56. The van der Waals surface area contributed by atoms with E-state index in [0.29, 0.717) is 0 Å². The first-order valence-corrected chi connectivity index (χ1v) is 6.09. The number of nitrogens with one attached hydrogen (secondary N) is 1. The van der Waals surface area contributed by atoms with E-state index in [-0.39, 0.29) is 12.6 Å². The van der Waals surface area contributed by atoms with E-state index in [4.69, 9.17) is 16.9 Å². The van der Waals surface area contributed by atoms with Crippen LogP contribution < -0.4 is 5.32 Å². The minimum Gasteiger partial charge on any atom is -0.449 e. The Bertz CT molecular complexity index is 397. The maximum absolute atomic E-state index is 10.2. The van der Waals surface area contributed by atoms with Gasteiger partial charge in [-0.3, -0.25) is 0 Å². The van der Waals surface area contributed by atoms with Crippen molar-refractivity contribution in [3.05, 3.63) is 35.9 Å². The van der Waals surface area contributed by atoms with E-state index in [0.717, 1.165) is 24.9 Å². The van der Waals surface area contributed by atoms with Crippen LogP contribution >= 0.6 is 11.6 Å². The zero-order valence-corrected chi connectivity index (χ0v) is 10.7. The molecule has 1 aliphatic rings. The fourth-order valence-electron chi connectivity index (χ4n) is 1.51. The van der Waals surface area contributed by atoms with Gasteiger partial charge in [0.1, 0.15) is 6.61 Å². The summed E-state index contributed by atoms with van der Waals surface area (Å²) in [6.07, 6.45) is 2.20. The molecule has 1 atom stereocenters. The molecule has 1 aliphatic heterocycles. The molecule has 1 aromatic rings. The van der Waals surface area contributed by atoms with Gasteiger partial charge in [-0.2, -0.15) is 5.26 Å². The van der Waals surface area contributed by atoms with Gasteiger partial charge >= 0.3 is 5.43 Å². The van der Waals surface area contributed by atoms with Gasteiger partial charge in [0.05, 0.1) is 12.1 Å². The summed E-state index contributed by atoms with van der Waals surface area (Å²) in [4.78, 5) is 10.2. The highest BCUT2D eigenvalue weighted by Crippen LogP contribution is 2.02. The molecule has 96 valence electrons. The third-order valence-electron chi connectivity index (χ3n) is 2.41. The second-order valence-electron chi connectivity index (χ2n) is 3.79. The van der Waals surface area contributed by atoms with Crippen LogP contribution in [0, 0.1) is 11.3 Å². The highest BCUT2D eigenvalue weighted by molar-refractivity contribution is 6.61. The first-order valence-electron chi connectivity index (χ1n) is 5.71. The van der Waals surface area contributed by atoms with Crippen LogP contribution in [0.5, 0.6) is 0 Å². The monoisotopic (exact) mass is 266 g/mol. The lowest BCUT2D eigenvalue weighted by atomic mass is 10.2. The minimum absolute atomic E-state index is 0.153. The van der Waals surface area contributed by atoms with E-state index in [2.05, 4.69) is 16.1 Å². The van der Waals surface area contributed by atoms with Crippen molar-refractivity contribution in [1.82, 2.24) is 5.32 Å². The average Bonchev–Trinajstić information content (AvgIpc) is 2.91. The van der Waals surface area contributed by atoms with Crippen LogP contribution in [-0.2, 0) is 11.3 Å². The van der Waals surface area contributed by atoms with Gasteiger partial charge in [-0.1, -0.05) is 30.3 Å². The first kappa shape index (κ1) is 14.5. The third kappa shape index (κ3) is 6.24. The van der Waals surface area contributed by atoms with Gasteiger partial charge < -0.3 is 10.1 Å². The van der Waals surface area contributed by atoms with Gasteiger partial charge in [-0.25, -0.2) is 4.79 Å². The van der Waals surface area contributed by atoms with Crippen LogP contribution in [-0.4, -0.2) is 18.0 Å². The van der Waals surface area contributed by atoms with Crippen molar-refractivity contribution < 1.29 is 9.53 Å². The number of halogens is 1. The molecule has 1 aromatic carbocycles. The normalized spacial score (nSPS) is 17.2. The number of carbonyl (C=O) groups is 1. The highest BCUT2D eigenvalue weighted by Gasteiger charge is 2.10. The molecule has 0 amide bonds. The SMILES string of the molecule is N#C[C@@H]1CCCN1.O=C(Cl)OCc1ccccc1. The van der Waals surface area contributed by atoms with E-state index < -0.39 is 5.43 Å². The van der Waals surface area contributed by atoms with Crippen molar-refractivity contribution in [2.75, 3.05) is 6.54 Å². The summed E-state index contributed by atoms with van der Waals surface area (Å²) in [6.45, 7) is 1.27. The zero-order valence-electron chi connectivity index (χ0n) is 9.93. The van der Waals surface area contributed by atoms with Gasteiger partial charge in [-0.05, 0) is 24.9 Å². The lowest BCUT2D eigenvalue weighted by molar-refractivity contribution is 0.167. The molecule has 5 heteroatoms. The number of nitrogens with zero attached hydrogens (tertiary/aromatic N) is 1. The van der Waals surface area contributed by atoms with E-state index in [1.54, 1.807) is 0 Å². The maximum Gasteiger partial charge on any atom is 0.404 e. The van der Waals surface area contributed by atoms with E-state index in [1.165, 1.54) is 0 Å². The number of ether oxygens (including phenoxy) is 1. The van der Waals surface area contributed by atoms with Crippen LogP contribution in [0.3, 0.4) is 0 Å². The molecule has 0 radical (unpaired) electrons. The lowest BCUT2D eigenvalue weighted by Crippen LogP contribution is -2.18. The molecule has 1 fully saturated rings. The summed E-state index contributed by atoms with van der Waals surface area (Å²) in [5.74, 6) is 0. The molecule has 0 spiro atoms. The molecular weight excluding hydrogens is 252 g/mol. The van der Waals surface area contributed by atoms with Gasteiger partial charge in [0.25, 0.3) is 0 Å². The minimum atomic E-state index is -0.770. The van der Waals surface area contributed by atoms with Crippen LogP contribution in [0.15, 0.2) is 30.3 Å². The maximum atomic E-state index is 10.2. The quantitative estimate of drug-likeness (QED) is 0.836. The van der Waals surface area contributed by atoms with Crippen molar-refractivity contribution in [2.24, 2.45) is 0 Å². The molecule has 0 bridgehead atoms. The summed E-state index contributed by atoms with van der Waals surface area (Å²) >= 11 is 4.97. The number of hydrogen-bond donors (Lipinski definition) is 1. The van der Waals surface area contributed by atoms with Gasteiger partial charge in [0.2, 0.25) is 0 Å². The molecule has 0 aliphatic carbocycles. The largest absolute Gasteiger partial charge is 0.449 e. The van der Waals surface area contributed by atoms with Crippen molar-refractivity contribution >= 4 is 17.0 Å². The summed E-state index contributed by atoms with van der Waals surface area (Å²) in [6, 6.07) is 11.7. The van der Waals surface area contributed by atoms with E-state index in [1.807, 2.05) is 30.3 Å². The Balaban J connectivity index is 0.000000199. The summed E-state index contributed by atoms with van der Waals surface area (Å²) in [5.41, 5.74) is 0.162. The van der Waals surface area contributed by atoms with Gasteiger partial charge in [0, 0.05) is 11.6 Å². The topological polar surface area (TPSA) is 62.1 Å².